The molecular formula is C18H25NO2S. The van der Waals surface area contributed by atoms with Crippen LogP contribution in [0.1, 0.15) is 39.7 Å². The van der Waals surface area contributed by atoms with Gasteiger partial charge in [-0.3, -0.25) is 0 Å². The molecule has 0 saturated heterocycles. The van der Waals surface area contributed by atoms with Gasteiger partial charge in [-0.2, -0.15) is 0 Å². The summed E-state index contributed by atoms with van der Waals surface area (Å²) in [6, 6.07) is 8.69. The fraction of sp³-hybridized carbons (Fsp3) is 0.500. The van der Waals surface area contributed by atoms with Crippen LogP contribution in [0.4, 0.5) is 4.79 Å². The number of hydrogen-bond acceptors (Lipinski definition) is 3. The molecule has 1 aliphatic rings. The molecular weight excluding hydrogens is 294 g/mol. The number of ether oxygens (including phenoxy) is 1. The lowest BCUT2D eigenvalue weighted by atomic mass is 10.00. The van der Waals surface area contributed by atoms with Gasteiger partial charge in [0.2, 0.25) is 0 Å². The molecule has 0 saturated carbocycles. The van der Waals surface area contributed by atoms with E-state index in [2.05, 4.69) is 37.3 Å². The molecule has 0 unspecified atom stereocenters. The third kappa shape index (κ3) is 4.80. The van der Waals surface area contributed by atoms with Crippen molar-refractivity contribution in [1.82, 2.24) is 4.90 Å². The van der Waals surface area contributed by atoms with Crippen LogP contribution in [0.3, 0.4) is 0 Å². The van der Waals surface area contributed by atoms with Gasteiger partial charge in [0.05, 0.1) is 0 Å². The fourth-order valence-electron chi connectivity index (χ4n) is 2.36. The minimum absolute atomic E-state index is 0.225. The molecule has 120 valence electrons. The van der Waals surface area contributed by atoms with Crippen LogP contribution in [0.5, 0.6) is 0 Å². The topological polar surface area (TPSA) is 29.5 Å². The van der Waals surface area contributed by atoms with Gasteiger partial charge in [0.25, 0.3) is 0 Å². The zero-order valence-electron chi connectivity index (χ0n) is 13.9. The number of hydrogen-bond donors (Lipinski definition) is 0. The van der Waals surface area contributed by atoms with Gasteiger partial charge in [-0.05, 0) is 56.2 Å². The summed E-state index contributed by atoms with van der Waals surface area (Å²) in [5, 5.41) is 0. The summed E-state index contributed by atoms with van der Waals surface area (Å²) in [6.45, 7) is 9.18. The monoisotopic (exact) mass is 319 g/mol. The van der Waals surface area contributed by atoms with E-state index in [1.807, 2.05) is 32.5 Å². The van der Waals surface area contributed by atoms with Crippen LogP contribution < -0.4 is 0 Å². The van der Waals surface area contributed by atoms with Crippen LogP contribution in [0, 0.1) is 0 Å². The average molecular weight is 319 g/mol. The van der Waals surface area contributed by atoms with E-state index in [1.54, 1.807) is 4.90 Å². The SMILES string of the molecule is CCSc1ccc(C2=CCN(C(=O)OC(C)(C)C)CC2)cc1. The number of amides is 1. The predicted molar refractivity (Wildman–Crippen MR) is 93.2 cm³/mol. The smallest absolute Gasteiger partial charge is 0.410 e. The van der Waals surface area contributed by atoms with Gasteiger partial charge < -0.3 is 9.64 Å². The molecule has 1 aromatic rings. The first-order valence-electron chi connectivity index (χ1n) is 7.79. The Morgan fingerprint density at radius 3 is 2.45 bits per heavy atom. The molecule has 1 aromatic carbocycles. The molecule has 2 rings (SSSR count). The average Bonchev–Trinajstić information content (AvgIpc) is 2.47. The second-order valence-electron chi connectivity index (χ2n) is 6.36. The molecule has 22 heavy (non-hydrogen) atoms. The molecule has 0 aliphatic carbocycles. The first-order chi connectivity index (χ1) is 10.4. The van der Waals surface area contributed by atoms with E-state index < -0.39 is 5.60 Å². The first kappa shape index (κ1) is 16.9. The van der Waals surface area contributed by atoms with E-state index in [0.29, 0.717) is 13.1 Å². The Hall–Kier alpha value is -1.42. The molecule has 0 radical (unpaired) electrons. The maximum atomic E-state index is 12.0. The number of thioether (sulfide) groups is 1. The maximum Gasteiger partial charge on any atom is 0.410 e. The highest BCUT2D eigenvalue weighted by Crippen LogP contribution is 2.26. The predicted octanol–water partition coefficient (Wildman–Crippen LogP) is 4.82. The Morgan fingerprint density at radius 2 is 1.95 bits per heavy atom. The van der Waals surface area contributed by atoms with Crippen LogP contribution >= 0.6 is 11.8 Å². The summed E-state index contributed by atoms with van der Waals surface area (Å²) in [5.74, 6) is 1.09. The lowest BCUT2D eigenvalue weighted by Crippen LogP contribution is -2.39. The number of rotatable bonds is 3. The molecule has 1 heterocycles. The molecule has 0 N–H and O–H groups in total. The van der Waals surface area contributed by atoms with E-state index in [4.69, 9.17) is 4.74 Å². The second-order valence-corrected chi connectivity index (χ2v) is 7.70. The van der Waals surface area contributed by atoms with Crippen molar-refractivity contribution < 1.29 is 9.53 Å². The van der Waals surface area contributed by atoms with Gasteiger partial charge in [-0.1, -0.05) is 25.1 Å². The standard InChI is InChI=1S/C18H25NO2S/c1-5-22-16-8-6-14(7-9-16)15-10-12-19(13-11-15)17(20)21-18(2,3)4/h6-10H,5,11-13H2,1-4H3. The normalized spacial score (nSPS) is 15.5. The number of nitrogens with zero attached hydrogens (tertiary/aromatic N) is 1. The number of carbonyl (C=O) groups excluding carboxylic acids is 1. The summed E-state index contributed by atoms with van der Waals surface area (Å²) in [5.41, 5.74) is 2.13. The van der Waals surface area contributed by atoms with E-state index in [1.165, 1.54) is 16.0 Å². The van der Waals surface area contributed by atoms with Crippen molar-refractivity contribution in [3.8, 4) is 0 Å². The summed E-state index contributed by atoms with van der Waals surface area (Å²) in [6.07, 6.45) is 2.78. The Bertz CT molecular complexity index is 543. The highest BCUT2D eigenvalue weighted by Gasteiger charge is 2.23. The second kappa shape index (κ2) is 7.23. The van der Waals surface area contributed by atoms with Crippen molar-refractivity contribution in [2.24, 2.45) is 0 Å². The van der Waals surface area contributed by atoms with Gasteiger partial charge in [0, 0.05) is 18.0 Å². The van der Waals surface area contributed by atoms with Crippen molar-refractivity contribution in [3.63, 3.8) is 0 Å². The summed E-state index contributed by atoms with van der Waals surface area (Å²) < 4.78 is 5.42. The largest absolute Gasteiger partial charge is 0.444 e. The number of benzene rings is 1. The minimum atomic E-state index is -0.437. The summed E-state index contributed by atoms with van der Waals surface area (Å²) >= 11 is 1.85. The van der Waals surface area contributed by atoms with Crippen LogP contribution in [0.2, 0.25) is 0 Å². The lowest BCUT2D eigenvalue weighted by Gasteiger charge is -2.29. The molecule has 0 atom stereocenters. The van der Waals surface area contributed by atoms with Crippen LogP contribution in [-0.4, -0.2) is 35.4 Å². The molecule has 3 nitrogen and oxygen atoms in total. The highest BCUT2D eigenvalue weighted by atomic mass is 32.2. The fourth-order valence-corrected chi connectivity index (χ4v) is 3.02. The molecule has 0 spiro atoms. The number of carbonyl (C=O) groups is 1. The summed E-state index contributed by atoms with van der Waals surface area (Å²) in [4.78, 5) is 15.1. The zero-order valence-corrected chi connectivity index (χ0v) is 14.7. The first-order valence-corrected chi connectivity index (χ1v) is 8.78. The van der Waals surface area contributed by atoms with Gasteiger partial charge in [-0.25, -0.2) is 4.79 Å². The highest BCUT2D eigenvalue weighted by molar-refractivity contribution is 7.99. The summed E-state index contributed by atoms with van der Waals surface area (Å²) in [7, 11) is 0. The van der Waals surface area contributed by atoms with E-state index >= 15 is 0 Å². The Morgan fingerprint density at radius 1 is 1.27 bits per heavy atom. The maximum absolute atomic E-state index is 12.0. The van der Waals surface area contributed by atoms with Crippen molar-refractivity contribution >= 4 is 23.4 Å². The minimum Gasteiger partial charge on any atom is -0.444 e. The third-order valence-electron chi connectivity index (χ3n) is 3.40. The molecule has 0 bridgehead atoms. The molecule has 1 aliphatic heterocycles. The van der Waals surface area contributed by atoms with Gasteiger partial charge in [0.15, 0.2) is 0 Å². The molecule has 0 fully saturated rings. The van der Waals surface area contributed by atoms with E-state index in [-0.39, 0.29) is 6.09 Å². The van der Waals surface area contributed by atoms with Gasteiger partial charge >= 0.3 is 6.09 Å². The van der Waals surface area contributed by atoms with Crippen molar-refractivity contribution in [2.75, 3.05) is 18.8 Å². The van der Waals surface area contributed by atoms with Crippen molar-refractivity contribution in [3.05, 3.63) is 35.9 Å². The Labute approximate surface area is 137 Å². The van der Waals surface area contributed by atoms with Crippen molar-refractivity contribution in [1.29, 1.82) is 0 Å². The van der Waals surface area contributed by atoms with Crippen LogP contribution in [0.25, 0.3) is 5.57 Å². The van der Waals surface area contributed by atoms with Crippen LogP contribution in [0.15, 0.2) is 35.2 Å². The quantitative estimate of drug-likeness (QED) is 0.748. The van der Waals surface area contributed by atoms with Gasteiger partial charge in [0.1, 0.15) is 5.60 Å². The van der Waals surface area contributed by atoms with Crippen molar-refractivity contribution in [2.45, 2.75) is 44.6 Å². The molecule has 1 amide bonds. The third-order valence-corrected chi connectivity index (χ3v) is 4.29. The molecule has 0 aromatic heterocycles. The lowest BCUT2D eigenvalue weighted by molar-refractivity contribution is 0.0270. The van der Waals surface area contributed by atoms with E-state index in [0.717, 1.165) is 12.2 Å². The Balaban J connectivity index is 1.97. The Kier molecular flexibility index (Phi) is 5.57. The zero-order chi connectivity index (χ0) is 16.2. The van der Waals surface area contributed by atoms with Gasteiger partial charge in [-0.15, -0.1) is 11.8 Å². The molecule has 4 heteroatoms. The van der Waals surface area contributed by atoms with Crippen LogP contribution in [-0.2, 0) is 4.74 Å². The van der Waals surface area contributed by atoms with E-state index in [9.17, 15) is 4.79 Å².